The molecule has 0 amide bonds. The van der Waals surface area contributed by atoms with Crippen LogP contribution in [-0.4, -0.2) is 25.2 Å². The topological polar surface area (TPSA) is 24.1 Å². The van der Waals surface area contributed by atoms with E-state index in [1.54, 1.807) is 16.7 Å². The number of rotatable bonds is 4. The summed E-state index contributed by atoms with van der Waals surface area (Å²) in [6.45, 7) is 16.7. The van der Waals surface area contributed by atoms with Crippen molar-refractivity contribution in [3.8, 4) is 0 Å². The fourth-order valence-electron chi connectivity index (χ4n) is 5.74. The zero-order valence-corrected chi connectivity index (χ0v) is 25.0. The van der Waals surface area contributed by atoms with Gasteiger partial charge in [-0.25, -0.2) is 0 Å². The maximum Gasteiger partial charge on any atom is 0.00996 e. The quantitative estimate of drug-likeness (QED) is 0.275. The summed E-state index contributed by atoms with van der Waals surface area (Å²) in [7, 11) is 6.41. The van der Waals surface area contributed by atoms with E-state index in [9.17, 15) is 0 Å². The van der Waals surface area contributed by atoms with Gasteiger partial charge in [0.15, 0.2) is 0 Å². The molecular weight excluding hydrogens is 482 g/mol. The molecule has 2 nitrogen and oxygen atoms in total. The normalized spacial score (nSPS) is 22.9. The molecule has 2 aromatic rings. The second-order valence-corrected chi connectivity index (χ2v) is 13.1. The molecule has 0 radical (unpaired) electrons. The van der Waals surface area contributed by atoms with Gasteiger partial charge in [-0.15, -0.1) is 24.0 Å². The van der Waals surface area contributed by atoms with Crippen LogP contribution in [0.4, 0.5) is 0 Å². The maximum absolute atomic E-state index is 3.88. The van der Waals surface area contributed by atoms with Gasteiger partial charge in [-0.1, -0.05) is 53.1 Å². The molecule has 4 atom stereocenters. The van der Waals surface area contributed by atoms with Crippen molar-refractivity contribution in [3.63, 3.8) is 0 Å². The van der Waals surface area contributed by atoms with Gasteiger partial charge in [0, 0.05) is 29.2 Å². The minimum Gasteiger partial charge on any atom is -0.748 e. The van der Waals surface area contributed by atoms with E-state index in [4.69, 9.17) is 0 Å². The Labute approximate surface area is 218 Å². The standard InChI is InChI=1S/C23H41N2P2.C5H5.Fe/c1-21(2,3)16-13-15(14-26)19(20(16)22(4,5)6)23(27,17-9-7-11-24-17)18-10-8-12-25-18;1-2-4-5-3-1;/h13,17-18,24-25H,7-12,14,26-27H2,1-6H3;1-5H;/q-1;-5;. The second-order valence-electron chi connectivity index (χ2n) is 11.7. The molecule has 2 heterocycles. The first-order valence-corrected chi connectivity index (χ1v) is 13.9. The van der Waals surface area contributed by atoms with Gasteiger partial charge in [-0.2, -0.15) is 22.8 Å². The minimum absolute atomic E-state index is 0. The Bertz CT molecular complexity index is 797. The Balaban J connectivity index is 0.000000568. The Morgan fingerprint density at radius 1 is 0.909 bits per heavy atom. The molecule has 4 unspecified atom stereocenters. The summed E-state index contributed by atoms with van der Waals surface area (Å²) in [5.74, 6) is 0. The van der Waals surface area contributed by atoms with E-state index in [0.717, 1.165) is 19.3 Å². The van der Waals surface area contributed by atoms with E-state index < -0.39 is 0 Å². The number of nitrogens with one attached hydrogen (secondary N) is 2. The molecule has 2 aromatic carbocycles. The van der Waals surface area contributed by atoms with Gasteiger partial charge in [0.1, 0.15) is 0 Å². The maximum atomic E-state index is 3.88. The molecule has 0 bridgehead atoms. The van der Waals surface area contributed by atoms with Crippen molar-refractivity contribution in [2.75, 3.05) is 13.1 Å². The van der Waals surface area contributed by atoms with E-state index in [2.05, 4.69) is 76.7 Å². The van der Waals surface area contributed by atoms with Gasteiger partial charge in [-0.05, 0) is 49.3 Å². The van der Waals surface area contributed by atoms with Crippen LogP contribution in [0.15, 0.2) is 36.4 Å². The molecule has 0 spiro atoms. The third-order valence-corrected chi connectivity index (χ3v) is 8.73. The first kappa shape index (κ1) is 29.2. The molecule has 192 valence electrons. The SMILES string of the molecule is CC(C)(C)c1c(C(P)(C2CCCN2)C2CCCN2)c(CP)c[c-]1C(C)(C)C.[Fe].[cH-]1[cH-][cH-][cH-][cH-]1. The van der Waals surface area contributed by atoms with Crippen LogP contribution < -0.4 is 10.6 Å². The predicted octanol–water partition coefficient (Wildman–Crippen LogP) is 6.35. The molecule has 0 aliphatic carbocycles. The van der Waals surface area contributed by atoms with Gasteiger partial charge in [0.05, 0.1) is 0 Å². The summed E-state index contributed by atoms with van der Waals surface area (Å²) < 4.78 is 0. The molecule has 33 heavy (non-hydrogen) atoms. The summed E-state index contributed by atoms with van der Waals surface area (Å²) >= 11 is 0. The Morgan fingerprint density at radius 3 is 1.67 bits per heavy atom. The number of hydrogen-bond donors (Lipinski definition) is 2. The molecule has 2 aliphatic rings. The first-order chi connectivity index (χ1) is 15.0. The van der Waals surface area contributed by atoms with E-state index in [1.807, 2.05) is 30.3 Å². The van der Waals surface area contributed by atoms with Crippen molar-refractivity contribution >= 4 is 18.5 Å². The van der Waals surface area contributed by atoms with Crippen LogP contribution in [0.5, 0.6) is 0 Å². The first-order valence-electron chi connectivity index (χ1n) is 12.5. The minimum atomic E-state index is 0. The van der Waals surface area contributed by atoms with Gasteiger partial charge in [-0.3, -0.25) is 0 Å². The van der Waals surface area contributed by atoms with Crippen LogP contribution in [0.25, 0.3) is 0 Å². The second kappa shape index (κ2) is 11.8. The van der Waals surface area contributed by atoms with Gasteiger partial charge in [0.2, 0.25) is 0 Å². The van der Waals surface area contributed by atoms with E-state index in [-0.39, 0.29) is 33.1 Å². The summed E-state index contributed by atoms with van der Waals surface area (Å²) in [5.41, 5.74) is 6.60. The van der Waals surface area contributed by atoms with E-state index >= 15 is 0 Å². The zero-order chi connectivity index (χ0) is 23.6. The fraction of sp³-hybridized carbons (Fsp3) is 0.643. The van der Waals surface area contributed by atoms with Gasteiger partial charge < -0.3 is 41.0 Å². The largest absolute Gasteiger partial charge is 0.748 e. The van der Waals surface area contributed by atoms with E-state index in [1.165, 1.54) is 31.2 Å². The molecule has 2 fully saturated rings. The van der Waals surface area contributed by atoms with Crippen molar-refractivity contribution in [3.05, 3.63) is 58.7 Å². The average Bonchev–Trinajstić information content (AvgIpc) is 3.51. The molecule has 2 aliphatic heterocycles. The molecule has 0 aromatic heterocycles. The molecule has 0 saturated carbocycles. The molecule has 5 heteroatoms. The van der Waals surface area contributed by atoms with Crippen LogP contribution >= 0.6 is 18.5 Å². The summed E-state index contributed by atoms with van der Waals surface area (Å²) in [5, 5.41) is 7.83. The third-order valence-electron chi connectivity index (χ3n) is 7.20. The van der Waals surface area contributed by atoms with E-state index in [0.29, 0.717) is 12.1 Å². The van der Waals surface area contributed by atoms with Crippen molar-refractivity contribution in [2.24, 2.45) is 0 Å². The molecule has 2 N–H and O–H groups in total. The van der Waals surface area contributed by atoms with Crippen LogP contribution in [-0.2, 0) is 39.2 Å². The monoisotopic (exact) mass is 528 g/mol. The third kappa shape index (κ3) is 6.42. The van der Waals surface area contributed by atoms with Crippen molar-refractivity contribution in [2.45, 2.75) is 101 Å². The summed E-state index contributed by atoms with van der Waals surface area (Å²) in [6.07, 6.45) is 6.17. The summed E-state index contributed by atoms with van der Waals surface area (Å²) in [6, 6.07) is 13.6. The van der Waals surface area contributed by atoms with Crippen LogP contribution in [0, 0.1) is 0 Å². The molecule has 4 rings (SSSR count). The van der Waals surface area contributed by atoms with Gasteiger partial charge in [0.25, 0.3) is 0 Å². The Kier molecular flexibility index (Phi) is 10.5. The van der Waals surface area contributed by atoms with Crippen molar-refractivity contribution < 1.29 is 17.1 Å². The fourth-order valence-corrected chi connectivity index (χ4v) is 6.96. The van der Waals surface area contributed by atoms with Gasteiger partial charge >= 0.3 is 0 Å². The Hall–Kier alpha value is -0.000519. The smallest absolute Gasteiger partial charge is 0.00996 e. The van der Waals surface area contributed by atoms with Crippen molar-refractivity contribution in [1.82, 2.24) is 10.6 Å². The van der Waals surface area contributed by atoms with Crippen LogP contribution in [0.2, 0.25) is 0 Å². The Morgan fingerprint density at radius 2 is 1.36 bits per heavy atom. The molecule has 2 saturated heterocycles. The van der Waals surface area contributed by atoms with Crippen LogP contribution in [0.3, 0.4) is 0 Å². The molecular formula is C28H46FeN2P2-6. The predicted molar refractivity (Wildman–Crippen MR) is 148 cm³/mol. The van der Waals surface area contributed by atoms with Crippen molar-refractivity contribution in [1.29, 1.82) is 0 Å². The summed E-state index contributed by atoms with van der Waals surface area (Å²) in [4.78, 5) is 0. The van der Waals surface area contributed by atoms with Crippen LogP contribution in [0.1, 0.15) is 89.5 Å². The zero-order valence-electron chi connectivity index (χ0n) is 21.6. The average molecular weight is 528 g/mol. The number of hydrogen-bond acceptors (Lipinski definition) is 2.